The van der Waals surface area contributed by atoms with E-state index in [4.69, 9.17) is 9.47 Å². The predicted molar refractivity (Wildman–Crippen MR) is 75.8 cm³/mol. The van der Waals surface area contributed by atoms with Crippen molar-refractivity contribution in [2.75, 3.05) is 25.6 Å². The molecule has 0 fully saturated rings. The van der Waals surface area contributed by atoms with Crippen molar-refractivity contribution in [1.29, 1.82) is 0 Å². The third kappa shape index (κ3) is 4.18. The summed E-state index contributed by atoms with van der Waals surface area (Å²) in [6.07, 6.45) is 3.56. The van der Waals surface area contributed by atoms with Gasteiger partial charge in [-0.25, -0.2) is 9.97 Å². The van der Waals surface area contributed by atoms with Gasteiger partial charge >= 0.3 is 0 Å². The zero-order valence-electron chi connectivity index (χ0n) is 11.0. The van der Waals surface area contributed by atoms with Gasteiger partial charge in [0.15, 0.2) is 0 Å². The number of methoxy groups -OCH3 is 1. The van der Waals surface area contributed by atoms with Crippen LogP contribution in [0.4, 0.5) is 5.69 Å². The standard InChI is InChI=1S/C13H17N3O2S/c1-10(13-14-5-8-19-13)16-11-3-4-12(15-9-11)18-7-6-17-2/h3-5,8-10,16H,6-7H2,1-2H3. The summed E-state index contributed by atoms with van der Waals surface area (Å²) < 4.78 is 10.3. The van der Waals surface area contributed by atoms with Crippen molar-refractivity contribution in [3.8, 4) is 5.88 Å². The van der Waals surface area contributed by atoms with Gasteiger partial charge in [-0.1, -0.05) is 0 Å². The van der Waals surface area contributed by atoms with Crippen molar-refractivity contribution in [3.05, 3.63) is 34.9 Å². The smallest absolute Gasteiger partial charge is 0.213 e. The van der Waals surface area contributed by atoms with E-state index < -0.39 is 0 Å². The number of nitrogens with one attached hydrogen (secondary N) is 1. The molecule has 0 amide bonds. The SMILES string of the molecule is COCCOc1ccc(NC(C)c2nccs2)cn1. The fraction of sp³-hybridized carbons (Fsp3) is 0.385. The molecule has 2 aromatic rings. The molecular weight excluding hydrogens is 262 g/mol. The van der Waals surface area contributed by atoms with Gasteiger partial charge in [0.05, 0.1) is 24.5 Å². The molecule has 0 aromatic carbocycles. The normalized spacial score (nSPS) is 12.1. The third-order valence-corrected chi connectivity index (χ3v) is 3.44. The van der Waals surface area contributed by atoms with Crippen LogP contribution in [0, 0.1) is 0 Å². The first-order valence-electron chi connectivity index (χ1n) is 6.03. The second kappa shape index (κ2) is 7.06. The van der Waals surface area contributed by atoms with Crippen LogP contribution in [0.5, 0.6) is 5.88 Å². The van der Waals surface area contributed by atoms with Gasteiger partial charge in [-0.05, 0) is 13.0 Å². The van der Waals surface area contributed by atoms with Crippen LogP contribution in [0.15, 0.2) is 29.9 Å². The summed E-state index contributed by atoms with van der Waals surface area (Å²) in [6.45, 7) is 3.14. The summed E-state index contributed by atoms with van der Waals surface area (Å²) in [6, 6.07) is 3.95. The van der Waals surface area contributed by atoms with Crippen LogP contribution in [0.3, 0.4) is 0 Å². The molecule has 2 heterocycles. The zero-order chi connectivity index (χ0) is 13.5. The Hall–Kier alpha value is -1.66. The lowest BCUT2D eigenvalue weighted by Crippen LogP contribution is -2.07. The first kappa shape index (κ1) is 13.8. The Morgan fingerprint density at radius 1 is 1.32 bits per heavy atom. The van der Waals surface area contributed by atoms with Gasteiger partial charge in [0.25, 0.3) is 0 Å². The number of anilines is 1. The van der Waals surface area contributed by atoms with Crippen LogP contribution >= 0.6 is 11.3 Å². The number of rotatable bonds is 7. The van der Waals surface area contributed by atoms with Crippen molar-refractivity contribution >= 4 is 17.0 Å². The highest BCUT2D eigenvalue weighted by molar-refractivity contribution is 7.09. The molecule has 0 aliphatic heterocycles. The monoisotopic (exact) mass is 279 g/mol. The van der Waals surface area contributed by atoms with Crippen LogP contribution in [0.25, 0.3) is 0 Å². The second-order valence-corrected chi connectivity index (χ2v) is 4.89. The molecule has 0 bridgehead atoms. The van der Waals surface area contributed by atoms with Crippen molar-refractivity contribution in [2.24, 2.45) is 0 Å². The fourth-order valence-corrected chi connectivity index (χ4v) is 2.19. The van der Waals surface area contributed by atoms with Crippen molar-refractivity contribution in [1.82, 2.24) is 9.97 Å². The molecule has 1 unspecified atom stereocenters. The first-order valence-corrected chi connectivity index (χ1v) is 6.91. The third-order valence-electron chi connectivity index (χ3n) is 2.48. The Balaban J connectivity index is 1.88. The van der Waals surface area contributed by atoms with E-state index in [1.54, 1.807) is 24.6 Å². The minimum absolute atomic E-state index is 0.169. The van der Waals surface area contributed by atoms with E-state index in [2.05, 4.69) is 22.2 Å². The maximum atomic E-state index is 5.40. The van der Waals surface area contributed by atoms with Gasteiger partial charge in [-0.3, -0.25) is 0 Å². The quantitative estimate of drug-likeness (QED) is 0.790. The number of nitrogens with zero attached hydrogens (tertiary/aromatic N) is 2. The Labute approximate surface area is 116 Å². The summed E-state index contributed by atoms with van der Waals surface area (Å²) >= 11 is 1.63. The minimum Gasteiger partial charge on any atom is -0.475 e. The molecule has 0 saturated carbocycles. The van der Waals surface area contributed by atoms with Gasteiger partial charge in [0.1, 0.15) is 11.6 Å². The number of hydrogen-bond donors (Lipinski definition) is 1. The van der Waals surface area contributed by atoms with Gasteiger partial charge in [0, 0.05) is 24.8 Å². The van der Waals surface area contributed by atoms with Crippen molar-refractivity contribution < 1.29 is 9.47 Å². The molecule has 0 spiro atoms. The Morgan fingerprint density at radius 2 is 2.21 bits per heavy atom. The Bertz CT molecular complexity index is 473. The Morgan fingerprint density at radius 3 is 2.84 bits per heavy atom. The molecule has 5 nitrogen and oxygen atoms in total. The predicted octanol–water partition coefficient (Wildman–Crippen LogP) is 2.74. The number of aromatic nitrogens is 2. The molecule has 19 heavy (non-hydrogen) atoms. The number of thiazole rings is 1. The molecule has 2 rings (SSSR count). The lowest BCUT2D eigenvalue weighted by atomic mass is 10.3. The van der Waals surface area contributed by atoms with E-state index in [1.807, 2.05) is 23.7 Å². The van der Waals surface area contributed by atoms with Crippen LogP contribution in [0.1, 0.15) is 18.0 Å². The molecule has 0 aliphatic carbocycles. The van der Waals surface area contributed by atoms with Gasteiger partial charge < -0.3 is 14.8 Å². The average molecular weight is 279 g/mol. The number of hydrogen-bond acceptors (Lipinski definition) is 6. The fourth-order valence-electron chi connectivity index (χ4n) is 1.54. The van der Waals surface area contributed by atoms with Gasteiger partial charge in [-0.2, -0.15) is 0 Å². The van der Waals surface area contributed by atoms with Gasteiger partial charge in [0.2, 0.25) is 5.88 Å². The number of pyridine rings is 1. The summed E-state index contributed by atoms with van der Waals surface area (Å²) in [5, 5.41) is 6.37. The molecule has 6 heteroatoms. The summed E-state index contributed by atoms with van der Waals surface area (Å²) in [5.41, 5.74) is 0.946. The van der Waals surface area contributed by atoms with Crippen LogP contribution in [0.2, 0.25) is 0 Å². The second-order valence-electron chi connectivity index (χ2n) is 3.96. The van der Waals surface area contributed by atoms with E-state index in [9.17, 15) is 0 Å². The van der Waals surface area contributed by atoms with E-state index in [0.29, 0.717) is 19.1 Å². The van der Waals surface area contributed by atoms with Crippen LogP contribution in [-0.4, -0.2) is 30.3 Å². The molecule has 1 N–H and O–H groups in total. The zero-order valence-corrected chi connectivity index (χ0v) is 11.8. The summed E-state index contributed by atoms with van der Waals surface area (Å²) in [5.74, 6) is 0.601. The van der Waals surface area contributed by atoms with Crippen molar-refractivity contribution in [2.45, 2.75) is 13.0 Å². The van der Waals surface area contributed by atoms with E-state index in [-0.39, 0.29) is 6.04 Å². The highest BCUT2D eigenvalue weighted by Gasteiger charge is 2.07. The van der Waals surface area contributed by atoms with Crippen LogP contribution in [-0.2, 0) is 4.74 Å². The van der Waals surface area contributed by atoms with E-state index in [0.717, 1.165) is 10.7 Å². The topological polar surface area (TPSA) is 56.3 Å². The molecule has 2 aromatic heterocycles. The van der Waals surface area contributed by atoms with E-state index >= 15 is 0 Å². The van der Waals surface area contributed by atoms with Crippen molar-refractivity contribution in [3.63, 3.8) is 0 Å². The number of ether oxygens (including phenoxy) is 2. The molecule has 0 aliphatic rings. The molecular formula is C13H17N3O2S. The maximum absolute atomic E-state index is 5.40. The minimum atomic E-state index is 0.169. The molecule has 102 valence electrons. The first-order chi connectivity index (χ1) is 9.29. The molecule has 1 atom stereocenters. The molecule has 0 radical (unpaired) electrons. The average Bonchev–Trinajstić information content (AvgIpc) is 2.95. The van der Waals surface area contributed by atoms with E-state index in [1.165, 1.54) is 0 Å². The summed E-state index contributed by atoms with van der Waals surface area (Å²) in [4.78, 5) is 8.50. The molecule has 0 saturated heterocycles. The highest BCUT2D eigenvalue weighted by Crippen LogP contribution is 2.21. The lowest BCUT2D eigenvalue weighted by molar-refractivity contribution is 0.144. The largest absolute Gasteiger partial charge is 0.475 e. The summed E-state index contributed by atoms with van der Waals surface area (Å²) in [7, 11) is 1.64. The lowest BCUT2D eigenvalue weighted by Gasteiger charge is -2.12. The maximum Gasteiger partial charge on any atom is 0.213 e. The van der Waals surface area contributed by atoms with Gasteiger partial charge in [-0.15, -0.1) is 11.3 Å². The Kier molecular flexibility index (Phi) is 5.11. The highest BCUT2D eigenvalue weighted by atomic mass is 32.1. The van der Waals surface area contributed by atoms with Crippen LogP contribution < -0.4 is 10.1 Å².